The van der Waals surface area contributed by atoms with Gasteiger partial charge in [-0.15, -0.1) is 0 Å². The summed E-state index contributed by atoms with van der Waals surface area (Å²) in [5.41, 5.74) is 29.0. The molecule has 0 N–H and O–H groups in total. The molecule has 94 heavy (non-hydrogen) atoms. The van der Waals surface area contributed by atoms with Crippen LogP contribution in [0, 0.1) is 0 Å². The number of hydrogen-bond acceptors (Lipinski definition) is 0. The van der Waals surface area contributed by atoms with E-state index in [2.05, 4.69) is 322 Å². The van der Waals surface area contributed by atoms with Crippen LogP contribution in [0.15, 0.2) is 72.8 Å². The third-order valence-electron chi connectivity index (χ3n) is 20.3. The Morgan fingerprint density at radius 2 is 0.266 bits per heavy atom. The summed E-state index contributed by atoms with van der Waals surface area (Å²) in [7, 11) is 0. The fourth-order valence-corrected chi connectivity index (χ4v) is 62.0. The van der Waals surface area contributed by atoms with Crippen LogP contribution >= 0.6 is 0 Å². The minimum atomic E-state index is -2.14. The van der Waals surface area contributed by atoms with Crippen molar-refractivity contribution in [2.45, 2.75) is 356 Å². The molecule has 0 heterocycles. The van der Waals surface area contributed by atoms with E-state index in [4.69, 9.17) is 0 Å². The molecular formula is C90H138Ge4. The Balaban J connectivity index is 0.000000341. The quantitative estimate of drug-likeness (QED) is 0.0530. The Kier molecular flexibility index (Phi) is 30.8. The maximum absolute atomic E-state index is 2.65. The van der Waals surface area contributed by atoms with Crippen molar-refractivity contribution in [3.8, 4) is 0 Å². The Morgan fingerprint density at radius 1 is 0.160 bits per heavy atom. The van der Waals surface area contributed by atoms with Gasteiger partial charge in [0.15, 0.2) is 0 Å². The van der Waals surface area contributed by atoms with E-state index < -0.39 is 49.5 Å². The molecule has 0 nitrogen and oxygen atoms in total. The van der Waals surface area contributed by atoms with Crippen LogP contribution in [-0.2, 0) is 0 Å². The average Bonchev–Trinajstić information content (AvgIpc) is 0.753. The van der Waals surface area contributed by atoms with E-state index in [9.17, 15) is 0 Å². The molecule has 0 aliphatic heterocycles. The maximum atomic E-state index is 2.65. The van der Waals surface area contributed by atoms with E-state index in [0.29, 0.717) is 107 Å². The van der Waals surface area contributed by atoms with Gasteiger partial charge in [-0.3, -0.25) is 0 Å². The summed E-state index contributed by atoms with van der Waals surface area (Å²) in [4.78, 5) is 0. The van der Waals surface area contributed by atoms with Crippen molar-refractivity contribution in [3.05, 3.63) is 173 Å². The minimum absolute atomic E-state index is 0.498. The second-order valence-corrected chi connectivity index (χ2v) is 61.1. The molecule has 6 aromatic carbocycles. The van der Waals surface area contributed by atoms with Gasteiger partial charge in [0.1, 0.15) is 0 Å². The fraction of sp³-hybridized carbons (Fsp3) is 0.600. The first-order valence-electron chi connectivity index (χ1n) is 37.9. The van der Waals surface area contributed by atoms with Crippen LogP contribution in [0.4, 0.5) is 0 Å². The molecule has 0 bridgehead atoms. The van der Waals surface area contributed by atoms with Gasteiger partial charge in [0.25, 0.3) is 0 Å². The summed E-state index contributed by atoms with van der Waals surface area (Å²) in [5, 5.41) is 0. The number of rotatable bonds is 24. The first-order valence-corrected chi connectivity index (χ1v) is 57.2. The van der Waals surface area contributed by atoms with Crippen molar-refractivity contribution < 1.29 is 0 Å². The zero-order valence-corrected chi connectivity index (χ0v) is 75.7. The summed E-state index contributed by atoms with van der Waals surface area (Å²) in [6.45, 7) is 87.6. The first-order chi connectivity index (χ1) is 43.5. The second-order valence-electron chi connectivity index (χ2n) is 34.2. The Hall–Kier alpha value is -2.51. The molecule has 514 valence electrons. The van der Waals surface area contributed by atoms with Gasteiger partial charge < -0.3 is 0 Å². The summed E-state index contributed by atoms with van der Waals surface area (Å²) in [6, 6.07) is 31.7. The molecule has 0 atom stereocenters. The van der Waals surface area contributed by atoms with Gasteiger partial charge in [-0.1, -0.05) is 0 Å². The van der Waals surface area contributed by atoms with Crippen LogP contribution in [0.2, 0.25) is 0 Å². The van der Waals surface area contributed by atoms with Crippen molar-refractivity contribution in [3.63, 3.8) is 0 Å². The van der Waals surface area contributed by atoms with E-state index in [0.717, 1.165) is 0 Å². The van der Waals surface area contributed by atoms with E-state index >= 15 is 0 Å². The van der Waals surface area contributed by atoms with E-state index in [-0.39, 0.29) is 0 Å². The van der Waals surface area contributed by atoms with Crippen LogP contribution in [-0.4, -0.2) is 49.5 Å². The average molecular weight is 1510 g/mol. The van der Waals surface area contributed by atoms with Gasteiger partial charge in [-0.25, -0.2) is 0 Å². The molecular weight excluding hydrogens is 1370 g/mol. The normalized spacial score (nSPS) is 12.5. The van der Waals surface area contributed by atoms with Crippen molar-refractivity contribution in [1.29, 1.82) is 0 Å². The van der Waals surface area contributed by atoms with Gasteiger partial charge in [0.05, 0.1) is 0 Å². The van der Waals surface area contributed by atoms with E-state index in [1.165, 1.54) is 33.4 Å². The van der Waals surface area contributed by atoms with Gasteiger partial charge in [0.2, 0.25) is 0 Å². The van der Waals surface area contributed by atoms with Crippen molar-refractivity contribution in [2.24, 2.45) is 0 Å². The Bertz CT molecular complexity index is 3020. The molecule has 0 saturated heterocycles. The molecule has 0 amide bonds. The summed E-state index contributed by atoms with van der Waals surface area (Å²) in [5.74, 6) is 9.38. The zero-order chi connectivity index (χ0) is 71.3. The number of hydrogen-bond donors (Lipinski definition) is 0. The topological polar surface area (TPSA) is 0 Å². The SMILES string of the molecule is CC(C)c1cc(C(C)C)[c]([Ge]=[Ge]([c]2c(C(C)C)cc(C(C)C)cc2C(C)C)[c]2c(C(C)C)cc(C(C)C)cc2C(C)C)c(C(C)C)c1.CC(C)c1cc(C(C)C)[c]([Ge]=[Ge]([c]2c(C(C)C)cc(C(C)C)cc2C(C)C)[c]2c(C(C)C)cc(C(C)C)cc2C(C)C)c(C(C)C)c1. The number of benzene rings is 6. The Labute approximate surface area is 599 Å². The van der Waals surface area contributed by atoms with Crippen molar-refractivity contribution >= 4 is 75.9 Å². The van der Waals surface area contributed by atoms with Gasteiger partial charge in [-0.2, -0.15) is 0 Å². The van der Waals surface area contributed by atoms with Crippen LogP contribution in [0.1, 0.15) is 456 Å². The zero-order valence-electron chi connectivity index (χ0n) is 67.3. The van der Waals surface area contributed by atoms with Gasteiger partial charge in [0, 0.05) is 0 Å². The van der Waals surface area contributed by atoms with E-state index in [1.807, 2.05) is 17.6 Å². The van der Waals surface area contributed by atoms with Crippen LogP contribution in [0.25, 0.3) is 0 Å². The summed E-state index contributed by atoms with van der Waals surface area (Å²) < 4.78 is 10.9. The molecule has 0 fully saturated rings. The molecule has 6 aromatic rings. The molecule has 0 aliphatic rings. The molecule has 0 aromatic heterocycles. The monoisotopic (exact) mass is 1510 g/mol. The first kappa shape index (κ1) is 82.2. The second kappa shape index (κ2) is 35.2. The fourth-order valence-electron chi connectivity index (χ4n) is 13.9. The molecule has 2 radical (unpaired) electrons. The van der Waals surface area contributed by atoms with Gasteiger partial charge >= 0.3 is 605 Å². The van der Waals surface area contributed by atoms with Crippen LogP contribution in [0.3, 0.4) is 0 Å². The third-order valence-corrected chi connectivity index (χ3v) is 55.7. The van der Waals surface area contributed by atoms with Crippen LogP contribution in [0.5, 0.6) is 0 Å². The standard InChI is InChI=1S/2C45H69Ge2/c2*1-25(2)34-19-37(28(7)8)43(38(20-34)29(9)10)46-47(44-39(30(11)12)21-35(26(3)4)22-40(44)31(13)14)45-41(32(15)16)23-36(27(5)6)24-42(45)33(17)18/h2*19-33H,1-18H3. The predicted octanol–water partition coefficient (Wildman–Crippen LogP) is 23.9. The van der Waals surface area contributed by atoms with Gasteiger partial charge in [-0.05, 0) is 0 Å². The summed E-state index contributed by atoms with van der Waals surface area (Å²) in [6.07, 6.45) is 0. The molecule has 0 spiro atoms. The van der Waals surface area contributed by atoms with Crippen molar-refractivity contribution in [1.82, 2.24) is 0 Å². The molecule has 0 aliphatic carbocycles. The molecule has 6 rings (SSSR count). The van der Waals surface area contributed by atoms with Crippen molar-refractivity contribution in [2.75, 3.05) is 0 Å². The molecule has 4 heteroatoms. The van der Waals surface area contributed by atoms with E-state index in [1.54, 1.807) is 75.6 Å². The van der Waals surface area contributed by atoms with Crippen LogP contribution < -0.4 is 26.4 Å². The predicted molar refractivity (Wildman–Crippen MR) is 433 cm³/mol. The Morgan fingerprint density at radius 3 is 0.362 bits per heavy atom. The summed E-state index contributed by atoms with van der Waals surface area (Å²) >= 11 is -5.28. The molecule has 0 unspecified atom stereocenters. The third kappa shape index (κ3) is 19.5. The molecule has 0 saturated carbocycles.